The van der Waals surface area contributed by atoms with Crippen molar-refractivity contribution in [2.75, 3.05) is 25.0 Å². The Hall–Kier alpha value is -1.13. The van der Waals surface area contributed by atoms with Crippen LogP contribution in [0.15, 0.2) is 18.2 Å². The molecule has 1 unspecified atom stereocenters. The molecule has 1 aromatic rings. The third-order valence-electron chi connectivity index (χ3n) is 3.20. The maximum absolute atomic E-state index is 14.2. The molecule has 108 valence electrons. The molecule has 1 atom stereocenters. The summed E-state index contributed by atoms with van der Waals surface area (Å²) in [5, 5.41) is 13.0. The third-order valence-corrected chi connectivity index (χ3v) is 3.20. The SMILES string of the molecule is CCN(CC(C)(C)O)c1ccc(C(C)NC)cc1F. The van der Waals surface area contributed by atoms with Gasteiger partial charge in [0.05, 0.1) is 11.3 Å². The lowest BCUT2D eigenvalue weighted by Crippen LogP contribution is -2.39. The van der Waals surface area contributed by atoms with E-state index < -0.39 is 5.60 Å². The molecule has 0 aliphatic carbocycles. The van der Waals surface area contributed by atoms with Gasteiger partial charge in [-0.1, -0.05) is 6.07 Å². The normalized spacial score (nSPS) is 13.4. The number of anilines is 1. The van der Waals surface area contributed by atoms with Crippen LogP contribution in [0.4, 0.5) is 10.1 Å². The van der Waals surface area contributed by atoms with Crippen molar-refractivity contribution >= 4 is 5.69 Å². The summed E-state index contributed by atoms with van der Waals surface area (Å²) >= 11 is 0. The molecule has 0 aliphatic rings. The van der Waals surface area contributed by atoms with E-state index in [0.29, 0.717) is 18.8 Å². The average Bonchev–Trinajstić information content (AvgIpc) is 2.34. The summed E-state index contributed by atoms with van der Waals surface area (Å²) in [6, 6.07) is 5.39. The Morgan fingerprint density at radius 3 is 2.47 bits per heavy atom. The fraction of sp³-hybridized carbons (Fsp3) is 0.600. The van der Waals surface area contributed by atoms with Gasteiger partial charge in [0, 0.05) is 19.1 Å². The van der Waals surface area contributed by atoms with E-state index in [1.54, 1.807) is 26.0 Å². The minimum Gasteiger partial charge on any atom is -0.389 e. The Labute approximate surface area is 115 Å². The van der Waals surface area contributed by atoms with E-state index in [1.807, 2.05) is 31.9 Å². The molecular weight excluding hydrogens is 243 g/mol. The molecule has 2 N–H and O–H groups in total. The lowest BCUT2D eigenvalue weighted by Gasteiger charge is -2.30. The topological polar surface area (TPSA) is 35.5 Å². The highest BCUT2D eigenvalue weighted by Gasteiger charge is 2.20. The first kappa shape index (κ1) is 15.9. The van der Waals surface area contributed by atoms with Crippen LogP contribution in [0.25, 0.3) is 0 Å². The highest BCUT2D eigenvalue weighted by atomic mass is 19.1. The van der Waals surface area contributed by atoms with E-state index in [0.717, 1.165) is 5.56 Å². The van der Waals surface area contributed by atoms with Crippen molar-refractivity contribution in [3.05, 3.63) is 29.6 Å². The van der Waals surface area contributed by atoms with Gasteiger partial charge in [-0.2, -0.15) is 0 Å². The Kier molecular flexibility index (Phi) is 5.32. The van der Waals surface area contributed by atoms with Gasteiger partial charge in [0.1, 0.15) is 5.82 Å². The second-order valence-electron chi connectivity index (χ2n) is 5.55. The van der Waals surface area contributed by atoms with Gasteiger partial charge in [-0.05, 0) is 52.4 Å². The lowest BCUT2D eigenvalue weighted by molar-refractivity contribution is 0.0874. The zero-order valence-corrected chi connectivity index (χ0v) is 12.5. The van der Waals surface area contributed by atoms with Gasteiger partial charge in [0.25, 0.3) is 0 Å². The number of benzene rings is 1. The molecule has 0 amide bonds. The largest absolute Gasteiger partial charge is 0.389 e. The molecule has 0 spiro atoms. The van der Waals surface area contributed by atoms with E-state index in [1.165, 1.54) is 0 Å². The first-order chi connectivity index (χ1) is 8.78. The first-order valence-corrected chi connectivity index (χ1v) is 6.72. The molecule has 0 bridgehead atoms. The van der Waals surface area contributed by atoms with Crippen LogP contribution in [0, 0.1) is 5.82 Å². The van der Waals surface area contributed by atoms with Crippen LogP contribution in [-0.4, -0.2) is 30.8 Å². The molecule has 0 saturated carbocycles. The second-order valence-corrected chi connectivity index (χ2v) is 5.55. The first-order valence-electron chi connectivity index (χ1n) is 6.72. The molecule has 0 radical (unpaired) electrons. The van der Waals surface area contributed by atoms with Crippen LogP contribution in [0.3, 0.4) is 0 Å². The van der Waals surface area contributed by atoms with Crippen LogP contribution < -0.4 is 10.2 Å². The predicted octanol–water partition coefficient (Wildman–Crippen LogP) is 2.70. The molecular formula is C15H25FN2O. The molecule has 1 aromatic carbocycles. The van der Waals surface area contributed by atoms with Gasteiger partial charge >= 0.3 is 0 Å². The Morgan fingerprint density at radius 2 is 2.05 bits per heavy atom. The van der Waals surface area contributed by atoms with Crippen molar-refractivity contribution in [3.8, 4) is 0 Å². The molecule has 0 fully saturated rings. The molecule has 0 aliphatic heterocycles. The number of nitrogens with zero attached hydrogens (tertiary/aromatic N) is 1. The Balaban J connectivity index is 3.00. The van der Waals surface area contributed by atoms with Gasteiger partial charge in [-0.15, -0.1) is 0 Å². The van der Waals surface area contributed by atoms with Gasteiger partial charge in [-0.25, -0.2) is 4.39 Å². The second kappa shape index (κ2) is 6.35. The van der Waals surface area contributed by atoms with Crippen LogP contribution in [0.5, 0.6) is 0 Å². The number of hydrogen-bond acceptors (Lipinski definition) is 3. The van der Waals surface area contributed by atoms with Crippen LogP contribution in [0.1, 0.15) is 39.3 Å². The number of aliphatic hydroxyl groups is 1. The summed E-state index contributed by atoms with van der Waals surface area (Å²) in [5.41, 5.74) is 0.610. The zero-order valence-electron chi connectivity index (χ0n) is 12.5. The number of hydrogen-bond donors (Lipinski definition) is 2. The summed E-state index contributed by atoms with van der Waals surface area (Å²) in [5.74, 6) is -0.245. The number of halogens is 1. The van der Waals surface area contributed by atoms with E-state index >= 15 is 0 Å². The monoisotopic (exact) mass is 268 g/mol. The highest BCUT2D eigenvalue weighted by Crippen LogP contribution is 2.24. The quantitative estimate of drug-likeness (QED) is 0.832. The summed E-state index contributed by atoms with van der Waals surface area (Å²) in [6.45, 7) is 8.46. The summed E-state index contributed by atoms with van der Waals surface area (Å²) in [4.78, 5) is 1.85. The highest BCUT2D eigenvalue weighted by molar-refractivity contribution is 5.49. The Morgan fingerprint density at radius 1 is 1.42 bits per heavy atom. The van der Waals surface area contributed by atoms with E-state index in [2.05, 4.69) is 5.32 Å². The maximum atomic E-state index is 14.2. The summed E-state index contributed by atoms with van der Waals surface area (Å²) in [7, 11) is 1.85. The van der Waals surface area contributed by atoms with Crippen molar-refractivity contribution in [3.63, 3.8) is 0 Å². The van der Waals surface area contributed by atoms with Gasteiger partial charge in [0.15, 0.2) is 0 Å². The lowest BCUT2D eigenvalue weighted by atomic mass is 10.1. The number of likely N-dealkylation sites (N-methyl/N-ethyl adjacent to an activating group) is 1. The van der Waals surface area contributed by atoms with Gasteiger partial charge in [-0.3, -0.25) is 0 Å². The molecule has 3 nitrogen and oxygen atoms in total. The molecule has 0 saturated heterocycles. The number of nitrogens with one attached hydrogen (secondary N) is 1. The predicted molar refractivity (Wildman–Crippen MR) is 78.1 cm³/mol. The molecule has 0 aromatic heterocycles. The van der Waals surface area contributed by atoms with Gasteiger partial charge < -0.3 is 15.3 Å². The molecule has 0 heterocycles. The van der Waals surface area contributed by atoms with Crippen LogP contribution in [0.2, 0.25) is 0 Å². The minimum absolute atomic E-state index is 0.118. The maximum Gasteiger partial charge on any atom is 0.146 e. The van der Waals surface area contributed by atoms with E-state index in [9.17, 15) is 9.50 Å². The van der Waals surface area contributed by atoms with E-state index in [4.69, 9.17) is 0 Å². The summed E-state index contributed by atoms with van der Waals surface area (Å²) in [6.07, 6.45) is 0. The third kappa shape index (κ3) is 4.48. The van der Waals surface area contributed by atoms with Crippen molar-refractivity contribution < 1.29 is 9.50 Å². The Bertz CT molecular complexity index is 415. The molecule has 1 rings (SSSR count). The molecule has 4 heteroatoms. The fourth-order valence-corrected chi connectivity index (χ4v) is 2.05. The minimum atomic E-state index is -0.848. The molecule has 19 heavy (non-hydrogen) atoms. The number of rotatable bonds is 6. The van der Waals surface area contributed by atoms with Crippen molar-refractivity contribution in [1.82, 2.24) is 5.32 Å². The zero-order chi connectivity index (χ0) is 14.6. The van der Waals surface area contributed by atoms with Crippen molar-refractivity contribution in [1.29, 1.82) is 0 Å². The van der Waals surface area contributed by atoms with E-state index in [-0.39, 0.29) is 11.9 Å². The average molecular weight is 268 g/mol. The van der Waals surface area contributed by atoms with Crippen LogP contribution >= 0.6 is 0 Å². The van der Waals surface area contributed by atoms with Crippen LogP contribution in [-0.2, 0) is 0 Å². The smallest absolute Gasteiger partial charge is 0.146 e. The standard InChI is InChI=1S/C15H25FN2O/c1-6-18(10-15(3,4)19)14-8-7-12(9-13(14)16)11(2)17-5/h7-9,11,17,19H,6,10H2,1-5H3. The van der Waals surface area contributed by atoms with Crippen molar-refractivity contribution in [2.45, 2.75) is 39.3 Å². The van der Waals surface area contributed by atoms with Gasteiger partial charge in [0.2, 0.25) is 0 Å². The summed E-state index contributed by atoms with van der Waals surface area (Å²) < 4.78 is 14.2. The van der Waals surface area contributed by atoms with Crippen molar-refractivity contribution in [2.24, 2.45) is 0 Å². The fourth-order valence-electron chi connectivity index (χ4n) is 2.05.